The molecule has 7 nitrogen and oxygen atoms in total. The Hall–Kier alpha value is -3.19. The lowest BCUT2D eigenvalue weighted by Gasteiger charge is -2.27. The number of likely N-dealkylation sites (tertiary alicyclic amines) is 1. The van der Waals surface area contributed by atoms with Crippen molar-refractivity contribution in [3.05, 3.63) is 54.1 Å². The molecule has 3 aromatic rings. The summed E-state index contributed by atoms with van der Waals surface area (Å²) in [4.78, 5) is 14.6. The number of aromatic hydroxyl groups is 1. The van der Waals surface area contributed by atoms with Crippen molar-refractivity contribution in [1.29, 1.82) is 0 Å². The van der Waals surface area contributed by atoms with Crippen molar-refractivity contribution in [1.82, 2.24) is 9.47 Å². The molecule has 1 N–H and O–H groups in total. The molecule has 0 unspecified atom stereocenters. The molecule has 4 rings (SSSR count). The van der Waals surface area contributed by atoms with Crippen LogP contribution in [0.3, 0.4) is 0 Å². The van der Waals surface area contributed by atoms with Gasteiger partial charge in [0.25, 0.3) is 0 Å². The van der Waals surface area contributed by atoms with Gasteiger partial charge >= 0.3 is 5.91 Å². The number of carbonyl (C=O) groups excluding carboxylic acids is 1. The minimum Gasteiger partial charge on any atom is -0.493 e. The van der Waals surface area contributed by atoms with Crippen LogP contribution < -0.4 is 4.74 Å². The van der Waals surface area contributed by atoms with E-state index >= 15 is 0 Å². The summed E-state index contributed by atoms with van der Waals surface area (Å²) in [5.41, 5.74) is 2.22. The first-order valence-corrected chi connectivity index (χ1v) is 10.8. The first-order chi connectivity index (χ1) is 15.2. The molecule has 162 valence electrons. The van der Waals surface area contributed by atoms with Gasteiger partial charge in [0.15, 0.2) is 12.3 Å². The van der Waals surface area contributed by atoms with E-state index in [-0.39, 0.29) is 12.5 Å². The number of aryl methyl sites for hydroxylation is 1. The topological polar surface area (TPSA) is 79.4 Å². The van der Waals surface area contributed by atoms with E-state index in [2.05, 4.69) is 15.1 Å². The van der Waals surface area contributed by atoms with Gasteiger partial charge in [-0.2, -0.15) is 0 Å². The lowest BCUT2D eigenvalue weighted by Crippen LogP contribution is -2.31. The van der Waals surface area contributed by atoms with Crippen LogP contribution in [0.1, 0.15) is 31.7 Å². The van der Waals surface area contributed by atoms with Crippen LogP contribution in [0.2, 0.25) is 0 Å². The number of piperidine rings is 1. The van der Waals surface area contributed by atoms with Gasteiger partial charge in [-0.1, -0.05) is 49.7 Å². The van der Waals surface area contributed by atoms with Gasteiger partial charge < -0.3 is 9.84 Å². The fourth-order valence-corrected chi connectivity index (χ4v) is 4.03. The fraction of sp³-hybridized carbons (Fsp3) is 0.375. The second-order valence-electron chi connectivity index (χ2n) is 7.78. The monoisotopic (exact) mass is 420 g/mol. The molecule has 0 atom stereocenters. The lowest BCUT2D eigenvalue weighted by molar-refractivity contribution is -0.120. The van der Waals surface area contributed by atoms with Crippen LogP contribution in [0.5, 0.6) is 11.6 Å². The summed E-state index contributed by atoms with van der Waals surface area (Å²) in [7, 11) is 0. The van der Waals surface area contributed by atoms with Crippen LogP contribution >= 0.6 is 0 Å². The first-order valence-electron chi connectivity index (χ1n) is 10.8. The van der Waals surface area contributed by atoms with E-state index in [1.807, 2.05) is 60.0 Å². The van der Waals surface area contributed by atoms with Gasteiger partial charge in [-0.25, -0.2) is 0 Å². The Morgan fingerprint density at radius 2 is 1.81 bits per heavy atom. The second kappa shape index (κ2) is 9.75. The number of hydrogen-bond donors (Lipinski definition) is 1. The van der Waals surface area contributed by atoms with E-state index in [1.165, 1.54) is 19.3 Å². The van der Waals surface area contributed by atoms with Crippen molar-refractivity contribution in [3.63, 3.8) is 0 Å². The Bertz CT molecular complexity index is 1080. The van der Waals surface area contributed by atoms with Crippen LogP contribution in [0.4, 0.5) is 5.69 Å². The normalized spacial score (nSPS) is 15.0. The number of nitrogens with zero attached hydrogens (tertiary/aromatic N) is 4. The highest BCUT2D eigenvalue weighted by Gasteiger charge is 2.19. The molecule has 0 saturated carbocycles. The van der Waals surface area contributed by atoms with Gasteiger partial charge in [-0.15, -0.1) is 10.2 Å². The Balaban J connectivity index is 1.51. The lowest BCUT2D eigenvalue weighted by atomic mass is 10.1. The van der Waals surface area contributed by atoms with Crippen molar-refractivity contribution in [2.45, 2.75) is 39.3 Å². The van der Waals surface area contributed by atoms with Crippen LogP contribution in [0.25, 0.3) is 10.9 Å². The number of amides is 1. The SMILES string of the molecule is CCc1ccccc1OCC(=O)N=Nc1c(O)n(CN2CCCCC2)c2ccccc12. The third-order valence-electron chi connectivity index (χ3n) is 5.67. The number of azo groups is 1. The maximum absolute atomic E-state index is 12.3. The van der Waals surface area contributed by atoms with Crippen molar-refractivity contribution in [3.8, 4) is 11.6 Å². The van der Waals surface area contributed by atoms with E-state index in [9.17, 15) is 9.90 Å². The minimum atomic E-state index is -0.502. The molecule has 2 heterocycles. The second-order valence-corrected chi connectivity index (χ2v) is 7.78. The highest BCUT2D eigenvalue weighted by atomic mass is 16.5. The van der Waals surface area contributed by atoms with Crippen molar-refractivity contribution < 1.29 is 14.6 Å². The molecular weight excluding hydrogens is 392 g/mol. The summed E-state index contributed by atoms with van der Waals surface area (Å²) in [5.74, 6) is 0.202. The molecule has 0 bridgehead atoms. The molecule has 1 aliphatic heterocycles. The van der Waals surface area contributed by atoms with Gasteiger partial charge in [-0.05, 0) is 50.0 Å². The summed E-state index contributed by atoms with van der Waals surface area (Å²) in [5, 5.41) is 19.6. The third-order valence-corrected chi connectivity index (χ3v) is 5.67. The minimum absolute atomic E-state index is 0.0283. The molecular formula is C24H28N4O3. The van der Waals surface area contributed by atoms with Crippen LogP contribution in [-0.4, -0.2) is 40.2 Å². The molecule has 7 heteroatoms. The number of hydrogen-bond acceptors (Lipinski definition) is 5. The molecule has 31 heavy (non-hydrogen) atoms. The first kappa shape index (κ1) is 21.1. The molecule has 2 aromatic carbocycles. The number of benzene rings is 2. The maximum Gasteiger partial charge on any atom is 0.302 e. The predicted octanol–water partition coefficient (Wildman–Crippen LogP) is 5.04. The third kappa shape index (κ3) is 4.77. The zero-order valence-corrected chi connectivity index (χ0v) is 17.8. The smallest absolute Gasteiger partial charge is 0.302 e. The quantitative estimate of drug-likeness (QED) is 0.543. The highest BCUT2D eigenvalue weighted by Crippen LogP contribution is 2.39. The maximum atomic E-state index is 12.3. The summed E-state index contributed by atoms with van der Waals surface area (Å²) in [6.45, 7) is 4.45. The Kier molecular flexibility index (Phi) is 6.62. The van der Waals surface area contributed by atoms with Gasteiger partial charge in [-0.3, -0.25) is 14.3 Å². The van der Waals surface area contributed by atoms with Crippen LogP contribution in [0, 0.1) is 0 Å². The van der Waals surface area contributed by atoms with E-state index in [0.29, 0.717) is 18.1 Å². The number of rotatable bonds is 7. The highest BCUT2D eigenvalue weighted by molar-refractivity contribution is 5.95. The number of aromatic nitrogens is 1. The van der Waals surface area contributed by atoms with E-state index in [0.717, 1.165) is 36.0 Å². The average molecular weight is 421 g/mol. The zero-order valence-electron chi connectivity index (χ0n) is 17.8. The van der Waals surface area contributed by atoms with Crippen LogP contribution in [-0.2, 0) is 17.9 Å². The van der Waals surface area contributed by atoms with Gasteiger partial charge in [0, 0.05) is 5.39 Å². The van der Waals surface area contributed by atoms with Gasteiger partial charge in [0.05, 0.1) is 12.2 Å². The van der Waals surface area contributed by atoms with Crippen molar-refractivity contribution in [2.24, 2.45) is 10.2 Å². The Morgan fingerprint density at radius 1 is 1.06 bits per heavy atom. The Morgan fingerprint density at radius 3 is 2.61 bits per heavy atom. The summed E-state index contributed by atoms with van der Waals surface area (Å²) in [6, 6.07) is 15.3. The predicted molar refractivity (Wildman–Crippen MR) is 120 cm³/mol. The summed E-state index contributed by atoms with van der Waals surface area (Å²) in [6.07, 6.45) is 4.40. The largest absolute Gasteiger partial charge is 0.493 e. The summed E-state index contributed by atoms with van der Waals surface area (Å²) >= 11 is 0. The number of ether oxygens (including phenoxy) is 1. The molecule has 0 spiro atoms. The molecule has 1 fully saturated rings. The number of carbonyl (C=O) groups is 1. The Labute approximate surface area is 182 Å². The standard InChI is InChI=1S/C24H28N4O3/c1-2-18-10-4-7-13-21(18)31-16-22(29)25-26-23-19-11-5-6-12-20(19)28(24(23)30)17-27-14-8-3-9-15-27/h4-7,10-13,30H,2-3,8-9,14-17H2,1H3. The van der Waals surface area contributed by atoms with Crippen molar-refractivity contribution in [2.75, 3.05) is 19.7 Å². The molecule has 0 radical (unpaired) electrons. The average Bonchev–Trinajstić information content (AvgIpc) is 3.08. The van der Waals surface area contributed by atoms with Crippen molar-refractivity contribution >= 4 is 22.5 Å². The molecule has 1 saturated heterocycles. The van der Waals surface area contributed by atoms with Crippen LogP contribution in [0.15, 0.2) is 58.8 Å². The summed E-state index contributed by atoms with van der Waals surface area (Å²) < 4.78 is 7.46. The number of fused-ring (bicyclic) bond motifs is 1. The number of para-hydroxylation sites is 2. The molecule has 0 aliphatic carbocycles. The van der Waals surface area contributed by atoms with E-state index in [4.69, 9.17) is 4.74 Å². The van der Waals surface area contributed by atoms with Gasteiger partial charge in [0.2, 0.25) is 5.88 Å². The fourth-order valence-electron chi connectivity index (χ4n) is 4.03. The molecule has 1 amide bonds. The zero-order chi connectivity index (χ0) is 21.6. The van der Waals surface area contributed by atoms with Gasteiger partial charge in [0.1, 0.15) is 5.75 Å². The molecule has 1 aliphatic rings. The van der Waals surface area contributed by atoms with E-state index < -0.39 is 5.91 Å². The van der Waals surface area contributed by atoms with E-state index in [1.54, 1.807) is 0 Å². The molecule has 1 aromatic heterocycles.